The normalized spacial score (nSPS) is 10.4. The molecule has 0 aliphatic carbocycles. The van der Waals surface area contributed by atoms with Crippen LogP contribution in [0.2, 0.25) is 0 Å². The number of benzene rings is 1. The lowest BCUT2D eigenvalue weighted by atomic mass is 10.2. The van der Waals surface area contributed by atoms with Crippen LogP contribution in [0.15, 0.2) is 45.7 Å². The minimum Gasteiger partial charge on any atom is -0.453 e. The van der Waals surface area contributed by atoms with Gasteiger partial charge in [0.25, 0.3) is 5.91 Å². The Bertz CT molecular complexity index is 991. The number of methoxy groups -OCH3 is 1. The van der Waals surface area contributed by atoms with E-state index >= 15 is 0 Å². The van der Waals surface area contributed by atoms with Crippen molar-refractivity contribution < 1.29 is 18.7 Å². The number of H-pyrrole nitrogens is 1. The summed E-state index contributed by atoms with van der Waals surface area (Å²) in [6.45, 7) is 0.133. The lowest BCUT2D eigenvalue weighted by Gasteiger charge is -2.07. The van der Waals surface area contributed by atoms with Gasteiger partial charge < -0.3 is 19.8 Å². The zero-order valence-corrected chi connectivity index (χ0v) is 13.2. The van der Waals surface area contributed by atoms with Gasteiger partial charge in [0.15, 0.2) is 5.58 Å². The third-order valence-electron chi connectivity index (χ3n) is 3.36. The van der Waals surface area contributed by atoms with Crippen LogP contribution in [0, 0.1) is 0 Å². The van der Waals surface area contributed by atoms with Gasteiger partial charge in [0.1, 0.15) is 0 Å². The number of hydrogen-bond donors (Lipinski definition) is 3. The van der Waals surface area contributed by atoms with Crippen LogP contribution in [0.3, 0.4) is 0 Å². The van der Waals surface area contributed by atoms with Crippen LogP contribution in [0.5, 0.6) is 0 Å². The summed E-state index contributed by atoms with van der Waals surface area (Å²) in [4.78, 5) is 41.2. The van der Waals surface area contributed by atoms with E-state index in [9.17, 15) is 14.4 Å². The SMILES string of the molecule is COC(=O)NCc1cc(C(=O)Nc2ccc3[nH]c(=O)oc3c2)ccn1. The number of nitrogens with one attached hydrogen (secondary N) is 3. The molecule has 1 aromatic carbocycles. The summed E-state index contributed by atoms with van der Waals surface area (Å²) in [6, 6.07) is 7.93. The number of aromatic amines is 1. The maximum atomic E-state index is 12.4. The number of ether oxygens (including phenoxy) is 1. The van der Waals surface area contributed by atoms with Crippen molar-refractivity contribution in [3.05, 3.63) is 58.3 Å². The summed E-state index contributed by atoms with van der Waals surface area (Å²) in [5.41, 5.74) is 2.24. The quantitative estimate of drug-likeness (QED) is 0.661. The van der Waals surface area contributed by atoms with E-state index in [0.717, 1.165) is 0 Å². The van der Waals surface area contributed by atoms with E-state index in [-0.39, 0.29) is 12.5 Å². The first kappa shape index (κ1) is 16.2. The maximum Gasteiger partial charge on any atom is 0.417 e. The van der Waals surface area contributed by atoms with E-state index in [4.69, 9.17) is 4.42 Å². The minimum absolute atomic E-state index is 0.133. The molecule has 2 amide bonds. The van der Waals surface area contributed by atoms with E-state index in [1.165, 1.54) is 13.3 Å². The third kappa shape index (κ3) is 3.83. The molecule has 2 heterocycles. The molecule has 0 saturated heterocycles. The van der Waals surface area contributed by atoms with Gasteiger partial charge in [0.05, 0.1) is 24.9 Å². The molecule has 0 saturated carbocycles. The lowest BCUT2D eigenvalue weighted by molar-refractivity contribution is 0.102. The van der Waals surface area contributed by atoms with Crippen LogP contribution in [0.25, 0.3) is 11.1 Å². The highest BCUT2D eigenvalue weighted by atomic mass is 16.5. The highest BCUT2D eigenvalue weighted by molar-refractivity contribution is 6.04. The number of alkyl carbamates (subject to hydrolysis) is 1. The first-order valence-electron chi connectivity index (χ1n) is 7.26. The Labute approximate surface area is 141 Å². The molecule has 0 aliphatic rings. The van der Waals surface area contributed by atoms with Crippen LogP contribution >= 0.6 is 0 Å². The molecule has 128 valence electrons. The van der Waals surface area contributed by atoms with Crippen molar-refractivity contribution in [2.24, 2.45) is 0 Å². The smallest absolute Gasteiger partial charge is 0.417 e. The Morgan fingerprint density at radius 2 is 2.12 bits per heavy atom. The van der Waals surface area contributed by atoms with Gasteiger partial charge >= 0.3 is 11.8 Å². The lowest BCUT2D eigenvalue weighted by Crippen LogP contribution is -2.23. The molecule has 2 aromatic heterocycles. The van der Waals surface area contributed by atoms with E-state index in [0.29, 0.717) is 28.0 Å². The zero-order valence-electron chi connectivity index (χ0n) is 13.2. The fourth-order valence-electron chi connectivity index (χ4n) is 2.18. The molecule has 0 unspecified atom stereocenters. The van der Waals surface area contributed by atoms with Gasteiger partial charge in [-0.1, -0.05) is 0 Å². The van der Waals surface area contributed by atoms with Gasteiger partial charge in [-0.15, -0.1) is 0 Å². The Hall–Kier alpha value is -3.62. The molecule has 0 aliphatic heterocycles. The largest absolute Gasteiger partial charge is 0.453 e. The summed E-state index contributed by atoms with van der Waals surface area (Å²) in [5, 5.41) is 5.19. The molecular formula is C16H14N4O5. The Morgan fingerprint density at radius 1 is 1.28 bits per heavy atom. The van der Waals surface area contributed by atoms with Gasteiger partial charge in [-0.2, -0.15) is 0 Å². The number of amides is 2. The molecule has 0 radical (unpaired) electrons. The maximum absolute atomic E-state index is 12.4. The van der Waals surface area contributed by atoms with Crippen molar-refractivity contribution >= 4 is 28.8 Å². The Balaban J connectivity index is 1.73. The van der Waals surface area contributed by atoms with E-state index in [1.807, 2.05) is 0 Å². The van der Waals surface area contributed by atoms with Crippen LogP contribution in [-0.4, -0.2) is 29.1 Å². The second-order valence-corrected chi connectivity index (χ2v) is 5.06. The summed E-state index contributed by atoms with van der Waals surface area (Å²) in [7, 11) is 1.26. The number of nitrogens with zero attached hydrogens (tertiary/aromatic N) is 1. The van der Waals surface area contributed by atoms with Gasteiger partial charge in [-0.3, -0.25) is 14.8 Å². The average molecular weight is 342 g/mol. The average Bonchev–Trinajstić information content (AvgIpc) is 2.99. The molecule has 3 rings (SSSR count). The second kappa shape index (κ2) is 6.87. The highest BCUT2D eigenvalue weighted by Gasteiger charge is 2.10. The minimum atomic E-state index is -0.585. The van der Waals surface area contributed by atoms with Crippen molar-refractivity contribution in [3.8, 4) is 0 Å². The number of hydrogen-bond acceptors (Lipinski definition) is 6. The summed E-state index contributed by atoms with van der Waals surface area (Å²) in [6.07, 6.45) is 0.885. The molecule has 9 heteroatoms. The van der Waals surface area contributed by atoms with Crippen molar-refractivity contribution in [2.45, 2.75) is 6.54 Å². The molecule has 0 fully saturated rings. The fraction of sp³-hybridized carbons (Fsp3) is 0.125. The number of anilines is 1. The van der Waals surface area contributed by atoms with Crippen LogP contribution < -0.4 is 16.4 Å². The Morgan fingerprint density at radius 3 is 2.92 bits per heavy atom. The van der Waals surface area contributed by atoms with Crippen LogP contribution in [0.1, 0.15) is 16.1 Å². The molecular weight excluding hydrogens is 328 g/mol. The van der Waals surface area contributed by atoms with Crippen molar-refractivity contribution in [2.75, 3.05) is 12.4 Å². The van der Waals surface area contributed by atoms with Crippen molar-refractivity contribution in [1.82, 2.24) is 15.3 Å². The monoisotopic (exact) mass is 342 g/mol. The zero-order chi connectivity index (χ0) is 17.8. The first-order chi connectivity index (χ1) is 12.0. The third-order valence-corrected chi connectivity index (χ3v) is 3.36. The number of pyridine rings is 1. The predicted molar refractivity (Wildman–Crippen MR) is 88.3 cm³/mol. The molecule has 3 aromatic rings. The summed E-state index contributed by atoms with van der Waals surface area (Å²) >= 11 is 0. The number of oxazole rings is 1. The van der Waals surface area contributed by atoms with Crippen molar-refractivity contribution in [1.29, 1.82) is 0 Å². The predicted octanol–water partition coefficient (Wildman–Crippen LogP) is 1.62. The van der Waals surface area contributed by atoms with Crippen molar-refractivity contribution in [3.63, 3.8) is 0 Å². The van der Waals surface area contributed by atoms with Crippen LogP contribution in [0.4, 0.5) is 10.5 Å². The number of aromatic nitrogens is 2. The van der Waals surface area contributed by atoms with Gasteiger partial charge in [-0.05, 0) is 24.3 Å². The first-order valence-corrected chi connectivity index (χ1v) is 7.26. The van der Waals surface area contributed by atoms with E-state index in [2.05, 4.69) is 25.3 Å². The van der Waals surface area contributed by atoms with Gasteiger partial charge in [-0.25, -0.2) is 9.59 Å². The summed E-state index contributed by atoms with van der Waals surface area (Å²) < 4.78 is 9.43. The standard InChI is InChI=1S/C16H14N4O5/c1-24-15(22)18-8-11-6-9(4-5-17-11)14(21)19-10-2-3-12-13(7-10)25-16(23)20-12/h2-7H,8H2,1H3,(H,18,22)(H,19,21)(H,20,23). The van der Waals surface area contributed by atoms with Gasteiger partial charge in [0, 0.05) is 23.5 Å². The number of carbonyl (C=O) groups is 2. The topological polar surface area (TPSA) is 126 Å². The molecule has 0 bridgehead atoms. The molecule has 3 N–H and O–H groups in total. The van der Waals surface area contributed by atoms with E-state index < -0.39 is 11.8 Å². The molecule has 25 heavy (non-hydrogen) atoms. The summed E-state index contributed by atoms with van der Waals surface area (Å²) in [5.74, 6) is -0.922. The van der Waals surface area contributed by atoms with Gasteiger partial charge in [0.2, 0.25) is 0 Å². The van der Waals surface area contributed by atoms with Crippen LogP contribution in [-0.2, 0) is 11.3 Å². The fourth-order valence-corrected chi connectivity index (χ4v) is 2.18. The number of carbonyl (C=O) groups excluding carboxylic acids is 2. The number of rotatable bonds is 4. The molecule has 9 nitrogen and oxygen atoms in total. The molecule has 0 spiro atoms. The van der Waals surface area contributed by atoms with E-state index in [1.54, 1.807) is 30.3 Å². The molecule has 0 atom stereocenters. The second-order valence-electron chi connectivity index (χ2n) is 5.06. The highest BCUT2D eigenvalue weighted by Crippen LogP contribution is 2.17. The number of fused-ring (bicyclic) bond motifs is 1. The Kier molecular flexibility index (Phi) is 4.46.